The monoisotopic (exact) mass is 290 g/mol. The van der Waals surface area contributed by atoms with E-state index in [4.69, 9.17) is 4.74 Å². The number of aryl methyl sites for hydroxylation is 1. The summed E-state index contributed by atoms with van der Waals surface area (Å²) in [5, 5.41) is 0. The van der Waals surface area contributed by atoms with E-state index in [1.165, 1.54) is 38.5 Å². The van der Waals surface area contributed by atoms with Gasteiger partial charge in [0.25, 0.3) is 0 Å². The molecular formula is C19H27FO. The second-order valence-electron chi connectivity index (χ2n) is 7.52. The number of benzene rings is 1. The van der Waals surface area contributed by atoms with Crippen LogP contribution in [0.15, 0.2) is 24.3 Å². The van der Waals surface area contributed by atoms with Gasteiger partial charge in [0.15, 0.2) is 0 Å². The summed E-state index contributed by atoms with van der Waals surface area (Å²) >= 11 is 0. The van der Waals surface area contributed by atoms with Crippen molar-refractivity contribution in [1.29, 1.82) is 0 Å². The molecule has 0 saturated heterocycles. The van der Waals surface area contributed by atoms with Gasteiger partial charge < -0.3 is 4.74 Å². The Labute approximate surface area is 127 Å². The number of hydrogen-bond acceptors (Lipinski definition) is 1. The van der Waals surface area contributed by atoms with Crippen LogP contribution in [0.2, 0.25) is 0 Å². The molecule has 4 rings (SSSR count). The average molecular weight is 290 g/mol. The fourth-order valence-corrected chi connectivity index (χ4v) is 4.18. The van der Waals surface area contributed by atoms with Gasteiger partial charge in [-0.15, -0.1) is 0 Å². The van der Waals surface area contributed by atoms with Crippen molar-refractivity contribution < 1.29 is 9.13 Å². The Morgan fingerprint density at radius 3 is 2.14 bits per heavy atom. The van der Waals surface area contributed by atoms with Crippen LogP contribution >= 0.6 is 0 Å². The molecule has 1 atom stereocenters. The van der Waals surface area contributed by atoms with Crippen LogP contribution in [0.1, 0.15) is 57.9 Å². The average Bonchev–Trinajstić information content (AvgIpc) is 2.50. The van der Waals surface area contributed by atoms with Crippen molar-refractivity contribution in [2.45, 2.75) is 64.9 Å². The maximum absolute atomic E-state index is 12.3. The zero-order chi connectivity index (χ0) is 14.9. The van der Waals surface area contributed by atoms with E-state index in [-0.39, 0.29) is 12.8 Å². The molecule has 0 heterocycles. The molecule has 1 unspecified atom stereocenters. The minimum Gasteiger partial charge on any atom is -0.490 e. The molecule has 0 amide bonds. The van der Waals surface area contributed by atoms with Gasteiger partial charge in [-0.25, -0.2) is 0 Å². The van der Waals surface area contributed by atoms with Crippen LogP contribution in [0.3, 0.4) is 0 Å². The van der Waals surface area contributed by atoms with E-state index in [0.29, 0.717) is 17.3 Å². The molecule has 0 aromatic heterocycles. The van der Waals surface area contributed by atoms with Crippen LogP contribution < -0.4 is 4.74 Å². The highest BCUT2D eigenvalue weighted by molar-refractivity contribution is 5.27. The maximum Gasteiger partial charge on any atom is 0.119 e. The van der Waals surface area contributed by atoms with Gasteiger partial charge in [0.1, 0.15) is 11.9 Å². The lowest BCUT2D eigenvalue weighted by Crippen LogP contribution is -2.47. The Bertz CT molecular complexity index is 454. The van der Waals surface area contributed by atoms with E-state index in [9.17, 15) is 4.39 Å². The molecule has 0 spiro atoms. The van der Waals surface area contributed by atoms with Crippen LogP contribution in [-0.4, -0.2) is 12.8 Å². The fourth-order valence-electron chi connectivity index (χ4n) is 4.18. The summed E-state index contributed by atoms with van der Waals surface area (Å²) in [5.74, 6) is 0.929. The first-order valence-electron chi connectivity index (χ1n) is 8.37. The number of fused-ring (bicyclic) bond motifs is 3. The van der Waals surface area contributed by atoms with Crippen molar-refractivity contribution in [2.75, 3.05) is 6.67 Å². The number of halogens is 1. The van der Waals surface area contributed by atoms with Crippen molar-refractivity contribution in [3.63, 3.8) is 0 Å². The van der Waals surface area contributed by atoms with Crippen LogP contribution in [0.4, 0.5) is 4.39 Å². The number of hydrogen-bond donors (Lipinski definition) is 0. The first-order chi connectivity index (χ1) is 10.1. The highest BCUT2D eigenvalue weighted by atomic mass is 19.1. The molecule has 1 aromatic carbocycles. The minimum absolute atomic E-state index is 0.273. The molecule has 2 bridgehead atoms. The van der Waals surface area contributed by atoms with Gasteiger partial charge >= 0.3 is 0 Å². The summed E-state index contributed by atoms with van der Waals surface area (Å²) in [7, 11) is 0. The van der Waals surface area contributed by atoms with E-state index in [2.05, 4.69) is 13.8 Å². The van der Waals surface area contributed by atoms with Crippen molar-refractivity contribution in [3.05, 3.63) is 29.8 Å². The molecule has 3 saturated carbocycles. The van der Waals surface area contributed by atoms with E-state index in [1.807, 2.05) is 24.3 Å². The first kappa shape index (κ1) is 14.9. The van der Waals surface area contributed by atoms with Gasteiger partial charge in [-0.3, -0.25) is 4.39 Å². The number of alkyl halides is 1. The number of ether oxygens (including phenoxy) is 1. The second kappa shape index (κ2) is 5.62. The molecule has 1 nitrogen and oxygen atoms in total. The quantitative estimate of drug-likeness (QED) is 0.712. The second-order valence-corrected chi connectivity index (χ2v) is 7.52. The predicted molar refractivity (Wildman–Crippen MR) is 84.5 cm³/mol. The molecule has 1 aromatic rings. The summed E-state index contributed by atoms with van der Waals surface area (Å²) in [6.07, 6.45) is 8.77. The fraction of sp³-hybridized carbons (Fsp3) is 0.684. The van der Waals surface area contributed by atoms with Crippen molar-refractivity contribution in [1.82, 2.24) is 0 Å². The van der Waals surface area contributed by atoms with Gasteiger partial charge in [0.05, 0.1) is 6.67 Å². The lowest BCUT2D eigenvalue weighted by atomic mass is 9.53. The molecule has 0 radical (unpaired) electrons. The summed E-state index contributed by atoms with van der Waals surface area (Å²) in [5.41, 5.74) is 2.03. The van der Waals surface area contributed by atoms with E-state index in [1.54, 1.807) is 0 Å². The summed E-state index contributed by atoms with van der Waals surface area (Å²) in [6.45, 7) is 4.40. The van der Waals surface area contributed by atoms with Crippen LogP contribution in [0, 0.1) is 10.8 Å². The standard InChI is InChI=1S/C19H27FO/c1-15(19-11-8-18(2,9-12-19)10-13-19)21-17-5-3-16(4-6-17)7-14-20/h3-6,15H,7-14H2,1-2H3. The van der Waals surface area contributed by atoms with Crippen molar-refractivity contribution >= 4 is 0 Å². The van der Waals surface area contributed by atoms with Crippen LogP contribution in [-0.2, 0) is 6.42 Å². The molecule has 116 valence electrons. The summed E-state index contributed by atoms with van der Waals surface area (Å²) in [4.78, 5) is 0. The van der Waals surface area contributed by atoms with Crippen LogP contribution in [0.25, 0.3) is 0 Å². The largest absolute Gasteiger partial charge is 0.490 e. The Balaban J connectivity index is 1.64. The van der Waals surface area contributed by atoms with E-state index >= 15 is 0 Å². The van der Waals surface area contributed by atoms with Gasteiger partial charge in [-0.1, -0.05) is 19.1 Å². The highest BCUT2D eigenvalue weighted by Gasteiger charge is 2.49. The SMILES string of the molecule is CC(Oc1ccc(CCF)cc1)C12CCC(C)(CC1)CC2. The molecule has 21 heavy (non-hydrogen) atoms. The third-order valence-electron chi connectivity index (χ3n) is 6.16. The third kappa shape index (κ3) is 2.95. The molecule has 0 N–H and O–H groups in total. The minimum atomic E-state index is -0.293. The molecule has 3 fully saturated rings. The zero-order valence-corrected chi connectivity index (χ0v) is 13.3. The Morgan fingerprint density at radius 2 is 1.62 bits per heavy atom. The van der Waals surface area contributed by atoms with Gasteiger partial charge in [-0.05, 0) is 68.6 Å². The van der Waals surface area contributed by atoms with Crippen molar-refractivity contribution in [3.8, 4) is 5.75 Å². The topological polar surface area (TPSA) is 9.23 Å². The maximum atomic E-state index is 12.3. The number of rotatable bonds is 5. The Kier molecular flexibility index (Phi) is 3.98. The normalized spacial score (nSPS) is 32.9. The summed E-state index contributed by atoms with van der Waals surface area (Å²) < 4.78 is 18.6. The van der Waals surface area contributed by atoms with Crippen LogP contribution in [0.5, 0.6) is 5.75 Å². The Morgan fingerprint density at radius 1 is 1.05 bits per heavy atom. The van der Waals surface area contributed by atoms with E-state index in [0.717, 1.165) is 11.3 Å². The molecule has 3 aliphatic rings. The van der Waals surface area contributed by atoms with Gasteiger partial charge in [0, 0.05) is 11.8 Å². The van der Waals surface area contributed by atoms with E-state index < -0.39 is 0 Å². The van der Waals surface area contributed by atoms with Crippen molar-refractivity contribution in [2.24, 2.45) is 10.8 Å². The lowest BCUT2D eigenvalue weighted by Gasteiger charge is -2.54. The lowest BCUT2D eigenvalue weighted by molar-refractivity contribution is -0.0644. The first-order valence-corrected chi connectivity index (χ1v) is 8.37. The molecule has 2 heteroatoms. The molecular weight excluding hydrogens is 263 g/mol. The third-order valence-corrected chi connectivity index (χ3v) is 6.16. The zero-order valence-electron chi connectivity index (χ0n) is 13.3. The molecule has 3 aliphatic carbocycles. The summed E-state index contributed by atoms with van der Waals surface area (Å²) in [6, 6.07) is 7.96. The Hall–Kier alpha value is -1.05. The van der Waals surface area contributed by atoms with Gasteiger partial charge in [-0.2, -0.15) is 0 Å². The highest BCUT2D eigenvalue weighted by Crippen LogP contribution is 2.58. The van der Waals surface area contributed by atoms with Gasteiger partial charge in [0.2, 0.25) is 0 Å². The molecule has 0 aliphatic heterocycles. The predicted octanol–water partition coefficient (Wildman–Crippen LogP) is 5.33. The smallest absolute Gasteiger partial charge is 0.119 e.